The summed E-state index contributed by atoms with van der Waals surface area (Å²) in [7, 11) is -4.02. The van der Waals surface area contributed by atoms with Gasteiger partial charge >= 0.3 is 11.0 Å². The summed E-state index contributed by atoms with van der Waals surface area (Å²) in [5.41, 5.74) is -1.52. The molecule has 0 aliphatic rings. The molecule has 1 aromatic heterocycles. The lowest BCUT2D eigenvalue weighted by Crippen LogP contribution is -2.14. The monoisotopic (exact) mass is 449 g/mol. The Morgan fingerprint density at radius 2 is 1.69 bits per heavy atom. The van der Waals surface area contributed by atoms with Gasteiger partial charge in [-0.15, -0.1) is 0 Å². The molecule has 0 aliphatic heterocycles. The first-order valence-electron chi connectivity index (χ1n) is 7.89. The Labute approximate surface area is 165 Å². The number of rotatable bonds is 3. The molecule has 29 heavy (non-hydrogen) atoms. The van der Waals surface area contributed by atoms with Crippen molar-refractivity contribution >= 4 is 21.2 Å². The van der Waals surface area contributed by atoms with Crippen molar-refractivity contribution in [3.8, 4) is 16.9 Å². The zero-order valence-corrected chi connectivity index (χ0v) is 16.5. The number of aromatic nitrogens is 1. The molecular weight excluding hydrogens is 437 g/mol. The largest absolute Gasteiger partial charge is 0.416 e. The third-order valence-electron chi connectivity index (χ3n) is 4.17. The molecule has 0 bridgehead atoms. The fraction of sp³-hybridized carbons (Fsp3) is 0.167. The topological polar surface area (TPSA) is 56.1 Å². The lowest BCUT2D eigenvalue weighted by molar-refractivity contribution is -0.138. The molecule has 0 N–H and O–H groups in total. The van der Waals surface area contributed by atoms with E-state index in [2.05, 4.69) is 0 Å². The highest BCUT2D eigenvalue weighted by molar-refractivity contribution is 7.90. The summed E-state index contributed by atoms with van der Waals surface area (Å²) in [6.45, 7) is 1.21. The smallest absolute Gasteiger partial charge is 0.267 e. The average molecular weight is 449 g/mol. The Morgan fingerprint density at radius 3 is 2.24 bits per heavy atom. The molecule has 3 aromatic rings. The first-order chi connectivity index (χ1) is 13.3. The molecule has 11 heteroatoms. The summed E-state index contributed by atoms with van der Waals surface area (Å²) in [5.74, 6) is -2.31. The van der Waals surface area contributed by atoms with Crippen molar-refractivity contribution < 1.29 is 30.4 Å². The van der Waals surface area contributed by atoms with Crippen LogP contribution in [0, 0.1) is 18.6 Å². The zero-order chi connectivity index (χ0) is 21.7. The number of benzene rings is 2. The summed E-state index contributed by atoms with van der Waals surface area (Å²) in [6, 6.07) is 4.10. The molecule has 0 radical (unpaired) electrons. The Kier molecular flexibility index (Phi) is 5.16. The number of sulfone groups is 1. The van der Waals surface area contributed by atoms with Crippen molar-refractivity contribution in [1.29, 1.82) is 0 Å². The van der Waals surface area contributed by atoms with Gasteiger partial charge in [0.15, 0.2) is 9.84 Å². The fourth-order valence-electron chi connectivity index (χ4n) is 2.85. The standard InChI is InChI=1S/C18H12F5NO3S2/c1-9-5-10(3-4-12(9)18(21,22)23)24-15(8-28-17(24)25)11-6-14(20)16(7-13(11)19)29(2,26)27/h3-8H,1-2H3. The Bertz CT molecular complexity index is 1270. The number of aryl methyl sites for hydroxylation is 1. The summed E-state index contributed by atoms with van der Waals surface area (Å²) in [5, 5.41) is 1.22. The number of hydrogen-bond acceptors (Lipinski definition) is 4. The molecule has 0 amide bonds. The maximum atomic E-state index is 14.6. The highest BCUT2D eigenvalue weighted by atomic mass is 32.2. The second kappa shape index (κ2) is 7.06. The molecule has 3 rings (SSSR count). The van der Waals surface area contributed by atoms with Gasteiger partial charge in [0, 0.05) is 17.2 Å². The first kappa shape index (κ1) is 21.2. The van der Waals surface area contributed by atoms with Crippen molar-refractivity contribution in [3.63, 3.8) is 0 Å². The third kappa shape index (κ3) is 3.97. The molecule has 4 nitrogen and oxygen atoms in total. The highest BCUT2D eigenvalue weighted by Crippen LogP contribution is 2.34. The molecule has 0 spiro atoms. The van der Waals surface area contributed by atoms with Crippen molar-refractivity contribution in [2.24, 2.45) is 0 Å². The summed E-state index contributed by atoms with van der Waals surface area (Å²) in [6.07, 6.45) is -3.86. The first-order valence-corrected chi connectivity index (χ1v) is 10.7. The van der Waals surface area contributed by atoms with E-state index in [1.807, 2.05) is 0 Å². The quantitative estimate of drug-likeness (QED) is 0.551. The van der Waals surface area contributed by atoms with Crippen LogP contribution >= 0.6 is 11.3 Å². The predicted molar refractivity (Wildman–Crippen MR) is 98.1 cm³/mol. The number of hydrogen-bond donors (Lipinski definition) is 0. The van der Waals surface area contributed by atoms with E-state index < -0.39 is 48.5 Å². The molecule has 2 aromatic carbocycles. The maximum absolute atomic E-state index is 14.6. The number of alkyl halides is 3. The Morgan fingerprint density at radius 1 is 1.03 bits per heavy atom. The van der Waals surface area contributed by atoms with Gasteiger partial charge < -0.3 is 0 Å². The van der Waals surface area contributed by atoms with Gasteiger partial charge in [-0.05, 0) is 42.8 Å². The van der Waals surface area contributed by atoms with Crippen LogP contribution < -0.4 is 4.87 Å². The molecule has 0 saturated heterocycles. The van der Waals surface area contributed by atoms with Gasteiger partial charge in [-0.2, -0.15) is 13.2 Å². The van der Waals surface area contributed by atoms with Gasteiger partial charge in [-0.25, -0.2) is 17.2 Å². The second-order valence-electron chi connectivity index (χ2n) is 6.25. The van der Waals surface area contributed by atoms with E-state index in [1.165, 1.54) is 12.3 Å². The van der Waals surface area contributed by atoms with Crippen LogP contribution in [0.5, 0.6) is 0 Å². The molecule has 0 aliphatic carbocycles. The van der Waals surface area contributed by atoms with Crippen molar-refractivity contribution in [3.05, 3.63) is 68.1 Å². The minimum absolute atomic E-state index is 0.0312. The third-order valence-corrected chi connectivity index (χ3v) is 6.00. The zero-order valence-electron chi connectivity index (χ0n) is 14.8. The SMILES string of the molecule is Cc1cc(-n2c(-c3cc(F)c(S(C)(=O)=O)cc3F)csc2=O)ccc1C(F)(F)F. The van der Waals surface area contributed by atoms with Gasteiger partial charge in [-0.1, -0.05) is 11.3 Å². The number of thiazole rings is 1. The van der Waals surface area contributed by atoms with E-state index in [0.29, 0.717) is 23.5 Å². The van der Waals surface area contributed by atoms with Crippen LogP contribution in [0.4, 0.5) is 22.0 Å². The van der Waals surface area contributed by atoms with Crippen LogP contribution in [0.2, 0.25) is 0 Å². The predicted octanol–water partition coefficient (Wildman–Crippen LogP) is 4.57. The van der Waals surface area contributed by atoms with Gasteiger partial charge in [-0.3, -0.25) is 9.36 Å². The van der Waals surface area contributed by atoms with Crippen molar-refractivity contribution in [1.82, 2.24) is 4.57 Å². The molecule has 0 unspecified atom stereocenters. The highest BCUT2D eigenvalue weighted by Gasteiger charge is 2.32. The summed E-state index contributed by atoms with van der Waals surface area (Å²) in [4.78, 5) is 10.8. The Balaban J connectivity index is 2.22. The van der Waals surface area contributed by atoms with Gasteiger partial charge in [0.25, 0.3) is 0 Å². The van der Waals surface area contributed by atoms with Gasteiger partial charge in [0.2, 0.25) is 0 Å². The van der Waals surface area contributed by atoms with E-state index >= 15 is 0 Å². The van der Waals surface area contributed by atoms with E-state index in [1.54, 1.807) is 0 Å². The molecule has 1 heterocycles. The molecule has 154 valence electrons. The molecule has 0 fully saturated rings. The number of halogens is 5. The normalized spacial score (nSPS) is 12.4. The minimum Gasteiger partial charge on any atom is -0.267 e. The van der Waals surface area contributed by atoms with Crippen LogP contribution in [-0.4, -0.2) is 19.2 Å². The minimum atomic E-state index is -4.58. The maximum Gasteiger partial charge on any atom is 0.416 e. The van der Waals surface area contributed by atoms with Crippen LogP contribution in [0.15, 0.2) is 45.4 Å². The Hall–Kier alpha value is -2.53. The number of nitrogens with zero attached hydrogens (tertiary/aromatic N) is 1. The van der Waals surface area contributed by atoms with E-state index in [0.717, 1.165) is 29.0 Å². The summed E-state index contributed by atoms with van der Waals surface area (Å²) < 4.78 is 91.7. The van der Waals surface area contributed by atoms with Gasteiger partial charge in [0.05, 0.1) is 16.9 Å². The van der Waals surface area contributed by atoms with Gasteiger partial charge in [0.1, 0.15) is 16.5 Å². The average Bonchev–Trinajstić information content (AvgIpc) is 2.95. The lowest BCUT2D eigenvalue weighted by atomic mass is 10.1. The van der Waals surface area contributed by atoms with Crippen molar-refractivity contribution in [2.75, 3.05) is 6.26 Å². The van der Waals surface area contributed by atoms with E-state index in [4.69, 9.17) is 0 Å². The molecule has 0 saturated carbocycles. The van der Waals surface area contributed by atoms with Crippen LogP contribution in [0.25, 0.3) is 16.9 Å². The van der Waals surface area contributed by atoms with E-state index in [9.17, 15) is 35.2 Å². The molecule has 0 atom stereocenters. The lowest BCUT2D eigenvalue weighted by Gasteiger charge is -2.14. The van der Waals surface area contributed by atoms with Crippen LogP contribution in [0.1, 0.15) is 11.1 Å². The van der Waals surface area contributed by atoms with Crippen LogP contribution in [-0.2, 0) is 16.0 Å². The van der Waals surface area contributed by atoms with Crippen molar-refractivity contribution in [2.45, 2.75) is 18.0 Å². The molecular formula is C18H12F5NO3S2. The van der Waals surface area contributed by atoms with E-state index in [-0.39, 0.29) is 16.9 Å². The summed E-state index contributed by atoms with van der Waals surface area (Å²) >= 11 is 0.638. The van der Waals surface area contributed by atoms with Crippen LogP contribution in [0.3, 0.4) is 0 Å². The second-order valence-corrected chi connectivity index (χ2v) is 9.06. The fourth-order valence-corrected chi connectivity index (χ4v) is 4.34.